The fourth-order valence-corrected chi connectivity index (χ4v) is 4.70. The van der Waals surface area contributed by atoms with E-state index in [-0.39, 0.29) is 4.90 Å². The van der Waals surface area contributed by atoms with Crippen molar-refractivity contribution in [2.75, 3.05) is 0 Å². The van der Waals surface area contributed by atoms with Crippen LogP contribution in [0, 0.1) is 6.92 Å². The van der Waals surface area contributed by atoms with E-state index in [1.165, 1.54) is 16.5 Å². The number of hydrogen-bond donors (Lipinski definition) is 0. The van der Waals surface area contributed by atoms with E-state index in [1.807, 2.05) is 31.2 Å². The second kappa shape index (κ2) is 6.87. The zero-order chi connectivity index (χ0) is 19.0. The van der Waals surface area contributed by atoms with E-state index in [2.05, 4.69) is 5.10 Å². The predicted molar refractivity (Wildman–Crippen MR) is 104 cm³/mol. The third kappa shape index (κ3) is 3.38. The lowest BCUT2D eigenvalue weighted by atomic mass is 10.0. The smallest absolute Gasteiger partial charge is 0.279 e. The highest BCUT2D eigenvalue weighted by atomic mass is 35.5. The first kappa shape index (κ1) is 17.8. The molecule has 1 aliphatic rings. The Hall–Kier alpha value is -2.57. The molecule has 0 saturated carbocycles. The van der Waals surface area contributed by atoms with Gasteiger partial charge in [-0.15, -0.1) is 0 Å². The molecule has 0 fully saturated rings. The average Bonchev–Trinajstić information content (AvgIpc) is 3.32. The lowest BCUT2D eigenvalue weighted by molar-refractivity contribution is 0.371. The van der Waals surface area contributed by atoms with Crippen LogP contribution in [0.5, 0.6) is 0 Å². The molecular weight excluding hydrogens is 384 g/mol. The lowest BCUT2D eigenvalue weighted by Crippen LogP contribution is -2.27. The van der Waals surface area contributed by atoms with Crippen LogP contribution in [-0.4, -0.2) is 18.5 Å². The summed E-state index contributed by atoms with van der Waals surface area (Å²) < 4.78 is 33.2. The molecule has 1 aliphatic heterocycles. The van der Waals surface area contributed by atoms with Crippen LogP contribution in [0.25, 0.3) is 0 Å². The molecule has 0 spiro atoms. The van der Waals surface area contributed by atoms with Crippen molar-refractivity contribution in [3.8, 4) is 0 Å². The summed E-state index contributed by atoms with van der Waals surface area (Å²) in [7, 11) is -3.84. The zero-order valence-corrected chi connectivity index (χ0v) is 16.1. The van der Waals surface area contributed by atoms with Crippen LogP contribution in [0.15, 0.2) is 81.3 Å². The summed E-state index contributed by atoms with van der Waals surface area (Å²) in [6.07, 6.45) is 1.99. The maximum Gasteiger partial charge on any atom is 0.279 e. The first-order valence-corrected chi connectivity index (χ1v) is 10.2. The summed E-state index contributed by atoms with van der Waals surface area (Å²) in [5.41, 5.74) is 2.55. The third-order valence-electron chi connectivity index (χ3n) is 4.46. The van der Waals surface area contributed by atoms with Gasteiger partial charge in [0.25, 0.3) is 10.0 Å². The van der Waals surface area contributed by atoms with Crippen molar-refractivity contribution in [1.82, 2.24) is 4.41 Å². The van der Waals surface area contributed by atoms with Crippen LogP contribution in [-0.2, 0) is 10.0 Å². The van der Waals surface area contributed by atoms with Crippen LogP contribution < -0.4 is 0 Å². The maximum absolute atomic E-state index is 13.3. The highest BCUT2D eigenvalue weighted by Gasteiger charge is 2.38. The molecule has 1 unspecified atom stereocenters. The maximum atomic E-state index is 13.3. The van der Waals surface area contributed by atoms with Crippen LogP contribution >= 0.6 is 11.6 Å². The van der Waals surface area contributed by atoms with Gasteiger partial charge in [0.1, 0.15) is 11.5 Å². The topological polar surface area (TPSA) is 62.9 Å². The van der Waals surface area contributed by atoms with Crippen molar-refractivity contribution < 1.29 is 12.8 Å². The molecule has 5 nitrogen and oxygen atoms in total. The van der Waals surface area contributed by atoms with Crippen LogP contribution in [0.1, 0.15) is 29.3 Å². The zero-order valence-electron chi connectivity index (χ0n) is 14.5. The first-order valence-electron chi connectivity index (χ1n) is 8.43. The van der Waals surface area contributed by atoms with E-state index in [1.54, 1.807) is 30.5 Å². The van der Waals surface area contributed by atoms with Gasteiger partial charge < -0.3 is 4.42 Å². The molecular formula is C20H17ClN2O3S. The summed E-state index contributed by atoms with van der Waals surface area (Å²) in [5.74, 6) is 0.571. The van der Waals surface area contributed by atoms with Crippen molar-refractivity contribution in [3.63, 3.8) is 0 Å². The minimum absolute atomic E-state index is 0.147. The molecule has 138 valence electrons. The van der Waals surface area contributed by atoms with E-state index in [0.717, 1.165) is 11.1 Å². The molecule has 0 bridgehead atoms. The third-order valence-corrected chi connectivity index (χ3v) is 6.41. The number of benzene rings is 2. The van der Waals surface area contributed by atoms with Gasteiger partial charge in [-0.2, -0.15) is 17.9 Å². The second-order valence-electron chi connectivity index (χ2n) is 6.39. The number of furan rings is 1. The van der Waals surface area contributed by atoms with Gasteiger partial charge in [0.05, 0.1) is 17.2 Å². The quantitative estimate of drug-likeness (QED) is 0.633. The Morgan fingerprint density at radius 3 is 2.56 bits per heavy atom. The van der Waals surface area contributed by atoms with Crippen molar-refractivity contribution in [1.29, 1.82) is 0 Å². The Labute approximate surface area is 162 Å². The summed E-state index contributed by atoms with van der Waals surface area (Å²) in [4.78, 5) is 0.147. The number of aryl methyl sites for hydroxylation is 1. The van der Waals surface area contributed by atoms with Crippen LogP contribution in [0.2, 0.25) is 5.02 Å². The van der Waals surface area contributed by atoms with Gasteiger partial charge >= 0.3 is 0 Å². The molecule has 2 aromatic carbocycles. The summed E-state index contributed by atoms with van der Waals surface area (Å²) in [6, 6.07) is 17.0. The Morgan fingerprint density at radius 1 is 1.11 bits per heavy atom. The van der Waals surface area contributed by atoms with Crippen molar-refractivity contribution in [2.24, 2.45) is 5.10 Å². The van der Waals surface area contributed by atoms with Gasteiger partial charge in [-0.3, -0.25) is 0 Å². The van der Waals surface area contributed by atoms with Crippen LogP contribution in [0.4, 0.5) is 0 Å². The standard InChI is InChI=1S/C20H17ClN2O3S/c1-14-4-2-5-15(12-14)19-13-18(20-6-3-11-26-20)22-23(19)27(24,25)17-9-7-16(21)8-10-17/h2-12,19H,13H2,1H3. The van der Waals surface area contributed by atoms with Gasteiger partial charge in [-0.25, -0.2) is 0 Å². The van der Waals surface area contributed by atoms with Gasteiger partial charge in [-0.1, -0.05) is 41.4 Å². The monoisotopic (exact) mass is 400 g/mol. The number of nitrogens with zero attached hydrogens (tertiary/aromatic N) is 2. The van der Waals surface area contributed by atoms with Crippen molar-refractivity contribution >= 4 is 27.3 Å². The normalized spacial score (nSPS) is 17.2. The van der Waals surface area contributed by atoms with E-state index in [9.17, 15) is 8.42 Å². The Balaban J connectivity index is 1.80. The second-order valence-corrected chi connectivity index (χ2v) is 8.62. The summed E-state index contributed by atoms with van der Waals surface area (Å²) in [5, 5.41) is 4.90. The Morgan fingerprint density at radius 2 is 1.89 bits per heavy atom. The van der Waals surface area contributed by atoms with Crippen molar-refractivity contribution in [2.45, 2.75) is 24.3 Å². The molecule has 0 aliphatic carbocycles. The van der Waals surface area contributed by atoms with Gasteiger partial charge in [-0.05, 0) is 48.9 Å². The Bertz CT molecular complexity index is 1090. The minimum Gasteiger partial charge on any atom is -0.463 e. The SMILES string of the molecule is Cc1cccc(C2CC(c3ccco3)=NN2S(=O)(=O)c2ccc(Cl)cc2)c1. The molecule has 3 aromatic rings. The number of rotatable bonds is 4. The van der Waals surface area contributed by atoms with E-state index in [4.69, 9.17) is 16.0 Å². The molecule has 1 atom stereocenters. The van der Waals surface area contributed by atoms with Crippen molar-refractivity contribution in [3.05, 3.63) is 88.8 Å². The van der Waals surface area contributed by atoms with Gasteiger partial charge in [0.15, 0.2) is 0 Å². The molecule has 0 amide bonds. The fourth-order valence-electron chi connectivity index (χ4n) is 3.14. The number of hydrogen-bond acceptors (Lipinski definition) is 4. The molecule has 0 radical (unpaired) electrons. The Kier molecular flexibility index (Phi) is 4.53. The largest absolute Gasteiger partial charge is 0.463 e. The highest BCUT2D eigenvalue weighted by molar-refractivity contribution is 7.89. The minimum atomic E-state index is -3.84. The van der Waals surface area contributed by atoms with Gasteiger partial charge in [0, 0.05) is 11.4 Å². The molecule has 4 rings (SSSR count). The number of hydrazone groups is 1. The highest BCUT2D eigenvalue weighted by Crippen LogP contribution is 2.37. The first-order chi connectivity index (χ1) is 12.9. The summed E-state index contributed by atoms with van der Waals surface area (Å²) >= 11 is 5.91. The molecule has 2 heterocycles. The number of sulfonamides is 1. The molecule has 1 aromatic heterocycles. The average molecular weight is 401 g/mol. The lowest BCUT2D eigenvalue weighted by Gasteiger charge is -2.23. The molecule has 0 N–H and O–H groups in total. The van der Waals surface area contributed by atoms with E-state index in [0.29, 0.717) is 22.9 Å². The number of halogens is 1. The fraction of sp³-hybridized carbons (Fsp3) is 0.150. The predicted octanol–water partition coefficient (Wildman–Crippen LogP) is 4.78. The molecule has 0 saturated heterocycles. The van der Waals surface area contributed by atoms with E-state index >= 15 is 0 Å². The molecule has 7 heteroatoms. The molecule has 27 heavy (non-hydrogen) atoms. The van der Waals surface area contributed by atoms with Crippen LogP contribution in [0.3, 0.4) is 0 Å². The van der Waals surface area contributed by atoms with Gasteiger partial charge in [0.2, 0.25) is 0 Å². The van der Waals surface area contributed by atoms with E-state index < -0.39 is 16.1 Å². The summed E-state index contributed by atoms with van der Waals surface area (Å²) in [6.45, 7) is 1.98.